The SMILES string of the molecule is CC1(C)C2=C3C=C(CC(=O)O)C(=O)OC3CCN2c2ccccc21. The first-order valence-corrected chi connectivity index (χ1v) is 8.14. The Kier molecular flexibility index (Phi) is 3.10. The molecule has 0 aliphatic carbocycles. The molecule has 24 heavy (non-hydrogen) atoms. The number of para-hydroxylation sites is 1. The van der Waals surface area contributed by atoms with Crippen LogP contribution in [0.5, 0.6) is 0 Å². The van der Waals surface area contributed by atoms with Gasteiger partial charge in [-0.15, -0.1) is 0 Å². The van der Waals surface area contributed by atoms with Gasteiger partial charge < -0.3 is 14.7 Å². The molecule has 124 valence electrons. The van der Waals surface area contributed by atoms with Gasteiger partial charge in [0.2, 0.25) is 0 Å². The third kappa shape index (κ3) is 2.00. The topological polar surface area (TPSA) is 66.8 Å². The normalized spacial score (nSPS) is 23.9. The minimum Gasteiger partial charge on any atom is -0.481 e. The Morgan fingerprint density at radius 1 is 1.38 bits per heavy atom. The highest BCUT2D eigenvalue weighted by molar-refractivity contribution is 5.95. The van der Waals surface area contributed by atoms with Crippen LogP contribution in [0, 0.1) is 0 Å². The molecule has 0 spiro atoms. The van der Waals surface area contributed by atoms with Gasteiger partial charge in [0.1, 0.15) is 6.10 Å². The number of esters is 1. The fraction of sp³-hybridized carbons (Fsp3) is 0.368. The lowest BCUT2D eigenvalue weighted by molar-refractivity contribution is -0.146. The first-order chi connectivity index (χ1) is 11.4. The third-order valence-electron chi connectivity index (χ3n) is 5.15. The second-order valence-electron chi connectivity index (χ2n) is 7.02. The zero-order valence-electron chi connectivity index (χ0n) is 13.7. The molecule has 0 fully saturated rings. The Balaban J connectivity index is 1.91. The van der Waals surface area contributed by atoms with E-state index in [9.17, 15) is 9.59 Å². The quantitative estimate of drug-likeness (QED) is 0.847. The number of carboxylic acid groups (broad SMARTS) is 1. The van der Waals surface area contributed by atoms with E-state index in [1.165, 1.54) is 11.3 Å². The van der Waals surface area contributed by atoms with Gasteiger partial charge in [0.05, 0.1) is 6.42 Å². The van der Waals surface area contributed by atoms with E-state index >= 15 is 0 Å². The summed E-state index contributed by atoms with van der Waals surface area (Å²) in [6.45, 7) is 5.12. The molecule has 4 rings (SSSR count). The summed E-state index contributed by atoms with van der Waals surface area (Å²) in [7, 11) is 0. The Bertz CT molecular complexity index is 818. The van der Waals surface area contributed by atoms with E-state index in [-0.39, 0.29) is 23.5 Å². The maximum Gasteiger partial charge on any atom is 0.335 e. The number of rotatable bonds is 2. The largest absolute Gasteiger partial charge is 0.481 e. The lowest BCUT2D eigenvalue weighted by atomic mass is 9.79. The van der Waals surface area contributed by atoms with E-state index in [0.29, 0.717) is 6.42 Å². The van der Waals surface area contributed by atoms with Crippen molar-refractivity contribution in [2.75, 3.05) is 11.4 Å². The number of anilines is 1. The predicted molar refractivity (Wildman–Crippen MR) is 88.7 cm³/mol. The van der Waals surface area contributed by atoms with Crippen molar-refractivity contribution in [2.45, 2.75) is 38.2 Å². The van der Waals surface area contributed by atoms with E-state index in [4.69, 9.17) is 9.84 Å². The van der Waals surface area contributed by atoms with Crippen LogP contribution in [-0.2, 0) is 19.7 Å². The molecule has 3 aliphatic rings. The van der Waals surface area contributed by atoms with E-state index in [1.54, 1.807) is 6.08 Å². The summed E-state index contributed by atoms with van der Waals surface area (Å²) in [5.41, 5.74) is 4.51. The van der Waals surface area contributed by atoms with Crippen LogP contribution in [-0.4, -0.2) is 29.7 Å². The molecule has 1 unspecified atom stereocenters. The highest BCUT2D eigenvalue weighted by Crippen LogP contribution is 2.52. The number of hydrogen-bond donors (Lipinski definition) is 1. The average Bonchev–Trinajstić information content (AvgIpc) is 2.77. The molecule has 5 nitrogen and oxygen atoms in total. The molecular weight excluding hydrogens is 306 g/mol. The number of benzene rings is 1. The van der Waals surface area contributed by atoms with Crippen molar-refractivity contribution >= 4 is 17.6 Å². The summed E-state index contributed by atoms with van der Waals surface area (Å²) >= 11 is 0. The number of ether oxygens (including phenoxy) is 1. The van der Waals surface area contributed by atoms with E-state index in [2.05, 4.69) is 30.9 Å². The number of hydrogen-bond acceptors (Lipinski definition) is 4. The Morgan fingerprint density at radius 3 is 2.88 bits per heavy atom. The van der Waals surface area contributed by atoms with Crippen LogP contribution in [0.2, 0.25) is 0 Å². The third-order valence-corrected chi connectivity index (χ3v) is 5.15. The maximum absolute atomic E-state index is 12.1. The molecule has 0 saturated carbocycles. The van der Waals surface area contributed by atoms with Gasteiger partial charge in [-0.25, -0.2) is 4.79 Å². The number of carboxylic acids is 1. The molecule has 0 aromatic heterocycles. The summed E-state index contributed by atoms with van der Waals surface area (Å²) in [6.07, 6.45) is 1.87. The fourth-order valence-electron chi connectivity index (χ4n) is 4.15. The average molecular weight is 325 g/mol. The van der Waals surface area contributed by atoms with Crippen LogP contribution in [0.1, 0.15) is 32.3 Å². The number of nitrogens with zero attached hydrogens (tertiary/aromatic N) is 1. The molecule has 3 aliphatic heterocycles. The van der Waals surface area contributed by atoms with Gasteiger partial charge in [-0.1, -0.05) is 32.0 Å². The molecule has 0 amide bonds. The molecule has 0 radical (unpaired) electrons. The monoisotopic (exact) mass is 325 g/mol. The second-order valence-corrected chi connectivity index (χ2v) is 7.02. The molecule has 1 atom stereocenters. The maximum atomic E-state index is 12.1. The highest BCUT2D eigenvalue weighted by Gasteiger charge is 2.46. The number of aliphatic carboxylic acids is 1. The minimum atomic E-state index is -1.02. The van der Waals surface area contributed by atoms with Gasteiger partial charge >= 0.3 is 11.9 Å². The summed E-state index contributed by atoms with van der Waals surface area (Å²) < 4.78 is 5.55. The number of fused-ring (bicyclic) bond motifs is 4. The van der Waals surface area contributed by atoms with Crippen LogP contribution in [0.3, 0.4) is 0 Å². The Hall–Kier alpha value is -2.56. The zero-order chi connectivity index (χ0) is 17.1. The van der Waals surface area contributed by atoms with E-state index in [0.717, 1.165) is 17.8 Å². The summed E-state index contributed by atoms with van der Waals surface area (Å²) in [5, 5.41) is 9.04. The van der Waals surface area contributed by atoms with Crippen LogP contribution < -0.4 is 4.90 Å². The molecule has 3 heterocycles. The Morgan fingerprint density at radius 2 is 2.12 bits per heavy atom. The number of carbonyl (C=O) groups excluding carboxylic acids is 1. The smallest absolute Gasteiger partial charge is 0.335 e. The first kappa shape index (κ1) is 15.0. The Labute approximate surface area is 140 Å². The molecule has 5 heteroatoms. The standard InChI is InChI=1S/C19H19NO4/c1-19(2)13-5-3-4-6-14(13)20-8-7-15-12(17(19)20)9-11(10-16(21)22)18(23)24-15/h3-6,9,15H,7-8,10H2,1-2H3,(H,21,22). The van der Waals surface area contributed by atoms with Gasteiger partial charge in [0.15, 0.2) is 0 Å². The lowest BCUT2D eigenvalue weighted by Gasteiger charge is -2.38. The van der Waals surface area contributed by atoms with Crippen molar-refractivity contribution in [3.63, 3.8) is 0 Å². The molecule has 1 aromatic rings. The van der Waals surface area contributed by atoms with Crippen molar-refractivity contribution in [2.24, 2.45) is 0 Å². The molecule has 1 N–H and O–H groups in total. The highest BCUT2D eigenvalue weighted by atomic mass is 16.5. The van der Waals surface area contributed by atoms with Gasteiger partial charge in [-0.3, -0.25) is 4.79 Å². The number of carbonyl (C=O) groups is 2. The number of allylic oxidation sites excluding steroid dienone is 1. The van der Waals surface area contributed by atoms with Gasteiger partial charge in [-0.2, -0.15) is 0 Å². The molecule has 0 bridgehead atoms. The fourth-order valence-corrected chi connectivity index (χ4v) is 4.15. The van der Waals surface area contributed by atoms with E-state index < -0.39 is 11.9 Å². The summed E-state index contributed by atoms with van der Waals surface area (Å²) in [6, 6.07) is 8.31. The van der Waals surface area contributed by atoms with Crippen LogP contribution in [0.25, 0.3) is 0 Å². The van der Waals surface area contributed by atoms with Crippen LogP contribution in [0.4, 0.5) is 5.69 Å². The zero-order valence-corrected chi connectivity index (χ0v) is 13.7. The van der Waals surface area contributed by atoms with Crippen LogP contribution >= 0.6 is 0 Å². The summed E-state index contributed by atoms with van der Waals surface area (Å²) in [5.74, 6) is -1.53. The van der Waals surface area contributed by atoms with Crippen LogP contribution in [0.15, 0.2) is 47.2 Å². The van der Waals surface area contributed by atoms with Gasteiger partial charge in [0.25, 0.3) is 0 Å². The molecular formula is C19H19NO4. The van der Waals surface area contributed by atoms with Gasteiger partial charge in [-0.05, 0) is 17.7 Å². The van der Waals surface area contributed by atoms with Crippen molar-refractivity contribution in [3.8, 4) is 0 Å². The first-order valence-electron chi connectivity index (χ1n) is 8.14. The molecule has 1 aromatic carbocycles. The van der Waals surface area contributed by atoms with Gasteiger partial charge in [0, 0.05) is 40.9 Å². The van der Waals surface area contributed by atoms with E-state index in [1.807, 2.05) is 12.1 Å². The second kappa shape index (κ2) is 4.97. The predicted octanol–water partition coefficient (Wildman–Crippen LogP) is 2.77. The van der Waals surface area contributed by atoms with Crippen molar-refractivity contribution in [1.29, 1.82) is 0 Å². The van der Waals surface area contributed by atoms with Crippen molar-refractivity contribution < 1.29 is 19.4 Å². The van der Waals surface area contributed by atoms with Crippen molar-refractivity contribution in [1.82, 2.24) is 0 Å². The molecule has 0 saturated heterocycles. The minimum absolute atomic E-state index is 0.209. The summed E-state index contributed by atoms with van der Waals surface area (Å²) in [4.78, 5) is 25.4. The van der Waals surface area contributed by atoms with Crippen molar-refractivity contribution in [3.05, 3.63) is 52.7 Å². The lowest BCUT2D eigenvalue weighted by Crippen LogP contribution is -2.41.